The van der Waals surface area contributed by atoms with Crippen molar-refractivity contribution in [1.29, 1.82) is 0 Å². The normalized spacial score (nSPS) is 17.7. The van der Waals surface area contributed by atoms with Crippen molar-refractivity contribution in [2.45, 2.75) is 32.6 Å². The standard InChI is InChI=1S/C18H27F3N4O2/c1-4-22-17(23-12-14-11-15(27-3)5-6-16(14)26)25-9-7-24(8-10-25)13(2)18(19,20)21/h5-6,11,13,26H,4,7-10,12H2,1-3H3,(H,22,23). The number of aliphatic imine (C=N–C) groups is 1. The highest BCUT2D eigenvalue weighted by Crippen LogP contribution is 2.26. The van der Waals surface area contributed by atoms with E-state index in [1.54, 1.807) is 25.3 Å². The lowest BCUT2D eigenvalue weighted by Gasteiger charge is -2.39. The lowest BCUT2D eigenvalue weighted by molar-refractivity contribution is -0.181. The predicted molar refractivity (Wildman–Crippen MR) is 98.1 cm³/mol. The lowest BCUT2D eigenvalue weighted by Crippen LogP contribution is -2.56. The summed E-state index contributed by atoms with van der Waals surface area (Å²) < 4.78 is 43.8. The molecule has 2 rings (SSSR count). The molecule has 1 fully saturated rings. The molecule has 1 saturated heterocycles. The van der Waals surface area contributed by atoms with Crippen molar-refractivity contribution in [1.82, 2.24) is 15.1 Å². The first kappa shape index (κ1) is 21.1. The molecule has 0 radical (unpaired) electrons. The van der Waals surface area contributed by atoms with Gasteiger partial charge >= 0.3 is 6.18 Å². The van der Waals surface area contributed by atoms with Crippen LogP contribution in [0.25, 0.3) is 0 Å². The highest BCUT2D eigenvalue weighted by molar-refractivity contribution is 5.80. The number of hydrogen-bond acceptors (Lipinski definition) is 4. The number of alkyl halides is 3. The van der Waals surface area contributed by atoms with E-state index in [1.807, 2.05) is 11.8 Å². The molecule has 0 amide bonds. The Morgan fingerprint density at radius 1 is 1.30 bits per heavy atom. The molecular formula is C18H27F3N4O2. The summed E-state index contributed by atoms with van der Waals surface area (Å²) in [7, 11) is 1.55. The zero-order valence-corrected chi connectivity index (χ0v) is 15.9. The number of ether oxygens (including phenoxy) is 1. The second kappa shape index (κ2) is 9.16. The van der Waals surface area contributed by atoms with Crippen LogP contribution in [0.15, 0.2) is 23.2 Å². The van der Waals surface area contributed by atoms with Crippen molar-refractivity contribution in [2.24, 2.45) is 4.99 Å². The minimum absolute atomic E-state index is 0.124. The lowest BCUT2D eigenvalue weighted by atomic mass is 10.2. The van der Waals surface area contributed by atoms with E-state index >= 15 is 0 Å². The molecule has 1 aliphatic rings. The van der Waals surface area contributed by atoms with E-state index in [1.165, 1.54) is 11.8 Å². The zero-order chi connectivity index (χ0) is 20.0. The van der Waals surface area contributed by atoms with E-state index in [4.69, 9.17) is 4.74 Å². The van der Waals surface area contributed by atoms with E-state index in [9.17, 15) is 18.3 Å². The molecule has 9 heteroatoms. The van der Waals surface area contributed by atoms with E-state index in [-0.39, 0.29) is 12.3 Å². The van der Waals surface area contributed by atoms with Crippen LogP contribution in [0.2, 0.25) is 0 Å². The number of guanidine groups is 1. The van der Waals surface area contributed by atoms with Crippen molar-refractivity contribution in [2.75, 3.05) is 39.8 Å². The number of nitrogens with one attached hydrogen (secondary N) is 1. The molecule has 0 aromatic heterocycles. The van der Waals surface area contributed by atoms with Gasteiger partial charge in [0.25, 0.3) is 0 Å². The van der Waals surface area contributed by atoms with Gasteiger partial charge in [-0.3, -0.25) is 4.90 Å². The van der Waals surface area contributed by atoms with Crippen molar-refractivity contribution >= 4 is 5.96 Å². The molecule has 1 aliphatic heterocycles. The van der Waals surface area contributed by atoms with E-state index in [0.717, 1.165) is 0 Å². The number of piperazine rings is 1. The number of hydrogen-bond donors (Lipinski definition) is 2. The van der Waals surface area contributed by atoms with Crippen molar-refractivity contribution in [3.63, 3.8) is 0 Å². The van der Waals surface area contributed by atoms with Crippen LogP contribution in [-0.2, 0) is 6.54 Å². The van der Waals surface area contributed by atoms with Crippen LogP contribution in [-0.4, -0.2) is 72.9 Å². The molecule has 1 aromatic carbocycles. The highest BCUT2D eigenvalue weighted by atomic mass is 19.4. The Hall–Kier alpha value is -2.16. The fourth-order valence-electron chi connectivity index (χ4n) is 2.93. The van der Waals surface area contributed by atoms with Crippen LogP contribution in [0.1, 0.15) is 19.4 Å². The number of phenolic OH excluding ortho intramolecular Hbond substituents is 1. The molecule has 0 bridgehead atoms. The Morgan fingerprint density at radius 2 is 1.96 bits per heavy atom. The maximum atomic E-state index is 12.9. The second-order valence-corrected chi connectivity index (χ2v) is 6.41. The van der Waals surface area contributed by atoms with Gasteiger partial charge in [0.2, 0.25) is 0 Å². The van der Waals surface area contributed by atoms with E-state index < -0.39 is 12.2 Å². The fourth-order valence-corrected chi connectivity index (χ4v) is 2.93. The molecule has 1 heterocycles. The quantitative estimate of drug-likeness (QED) is 0.599. The first-order valence-electron chi connectivity index (χ1n) is 8.96. The zero-order valence-electron chi connectivity index (χ0n) is 15.9. The summed E-state index contributed by atoms with van der Waals surface area (Å²) in [6, 6.07) is 3.47. The summed E-state index contributed by atoms with van der Waals surface area (Å²) in [6.45, 7) is 5.55. The molecule has 0 aliphatic carbocycles. The Morgan fingerprint density at radius 3 is 2.52 bits per heavy atom. The second-order valence-electron chi connectivity index (χ2n) is 6.41. The van der Waals surface area contributed by atoms with Crippen LogP contribution >= 0.6 is 0 Å². The number of aromatic hydroxyl groups is 1. The van der Waals surface area contributed by atoms with Gasteiger partial charge < -0.3 is 20.1 Å². The summed E-state index contributed by atoms with van der Waals surface area (Å²) >= 11 is 0. The Kier molecular flexibility index (Phi) is 7.18. The Bertz CT molecular complexity index is 644. The third kappa shape index (κ3) is 5.66. The van der Waals surface area contributed by atoms with Crippen LogP contribution in [0.3, 0.4) is 0 Å². The first-order valence-corrected chi connectivity index (χ1v) is 8.96. The largest absolute Gasteiger partial charge is 0.508 e. The molecule has 1 atom stereocenters. The van der Waals surface area contributed by atoms with Crippen molar-refractivity contribution in [3.8, 4) is 11.5 Å². The van der Waals surface area contributed by atoms with Gasteiger partial charge in [0, 0.05) is 38.3 Å². The molecule has 27 heavy (non-hydrogen) atoms. The molecular weight excluding hydrogens is 361 g/mol. The predicted octanol–water partition coefficient (Wildman–Crippen LogP) is 2.43. The van der Waals surface area contributed by atoms with Gasteiger partial charge in [-0.05, 0) is 32.0 Å². The third-order valence-corrected chi connectivity index (χ3v) is 4.66. The molecule has 0 spiro atoms. The van der Waals surface area contributed by atoms with Crippen molar-refractivity contribution < 1.29 is 23.0 Å². The van der Waals surface area contributed by atoms with Gasteiger partial charge in [-0.15, -0.1) is 0 Å². The number of rotatable bonds is 5. The average Bonchev–Trinajstić information content (AvgIpc) is 2.65. The summed E-state index contributed by atoms with van der Waals surface area (Å²) in [5.41, 5.74) is 0.620. The third-order valence-electron chi connectivity index (χ3n) is 4.66. The van der Waals surface area contributed by atoms with Gasteiger partial charge in [-0.1, -0.05) is 0 Å². The summed E-state index contributed by atoms with van der Waals surface area (Å²) in [6.07, 6.45) is -4.22. The minimum atomic E-state index is -4.22. The smallest absolute Gasteiger partial charge is 0.403 e. The van der Waals surface area contributed by atoms with Gasteiger partial charge in [0.05, 0.1) is 13.7 Å². The SMILES string of the molecule is CCNC(=NCc1cc(OC)ccc1O)N1CCN(C(C)C(F)(F)F)CC1. The fraction of sp³-hybridized carbons (Fsp3) is 0.611. The summed E-state index contributed by atoms with van der Waals surface area (Å²) in [5, 5.41) is 13.2. The Labute approximate surface area is 157 Å². The van der Waals surface area contributed by atoms with E-state index in [0.29, 0.717) is 50.0 Å². The maximum Gasteiger partial charge on any atom is 0.403 e. The molecule has 1 aromatic rings. The number of benzene rings is 1. The molecule has 152 valence electrons. The Balaban J connectivity index is 2.04. The number of halogens is 3. The van der Waals surface area contributed by atoms with Crippen molar-refractivity contribution in [3.05, 3.63) is 23.8 Å². The van der Waals surface area contributed by atoms with Gasteiger partial charge in [0.15, 0.2) is 5.96 Å². The van der Waals surface area contributed by atoms with E-state index in [2.05, 4.69) is 10.3 Å². The molecule has 0 saturated carbocycles. The topological polar surface area (TPSA) is 60.3 Å². The monoisotopic (exact) mass is 388 g/mol. The minimum Gasteiger partial charge on any atom is -0.508 e. The summed E-state index contributed by atoms with van der Waals surface area (Å²) in [5.74, 6) is 1.37. The van der Waals surface area contributed by atoms with Gasteiger partial charge in [0.1, 0.15) is 17.5 Å². The number of phenols is 1. The van der Waals surface area contributed by atoms with Gasteiger partial charge in [-0.25, -0.2) is 4.99 Å². The number of methoxy groups -OCH3 is 1. The van der Waals surface area contributed by atoms with Crippen LogP contribution in [0.5, 0.6) is 11.5 Å². The van der Waals surface area contributed by atoms with Gasteiger partial charge in [-0.2, -0.15) is 13.2 Å². The highest BCUT2D eigenvalue weighted by Gasteiger charge is 2.41. The molecule has 2 N–H and O–H groups in total. The number of nitrogens with zero attached hydrogens (tertiary/aromatic N) is 3. The van der Waals surface area contributed by atoms with Crippen LogP contribution in [0, 0.1) is 0 Å². The first-order chi connectivity index (χ1) is 12.8. The molecule has 1 unspecified atom stereocenters. The average molecular weight is 388 g/mol. The van der Waals surface area contributed by atoms with Crippen LogP contribution in [0.4, 0.5) is 13.2 Å². The maximum absolute atomic E-state index is 12.9. The summed E-state index contributed by atoms with van der Waals surface area (Å²) in [4.78, 5) is 7.92. The molecule has 6 nitrogen and oxygen atoms in total. The van der Waals surface area contributed by atoms with Crippen LogP contribution < -0.4 is 10.1 Å².